The molecule has 4 rings (SSSR count). The smallest absolute Gasteiger partial charge is 0.475 e. The summed E-state index contributed by atoms with van der Waals surface area (Å²) >= 11 is 0. The van der Waals surface area contributed by atoms with Crippen molar-refractivity contribution in [3.63, 3.8) is 0 Å². The molecule has 3 aromatic heterocycles. The first-order chi connectivity index (χ1) is 16.0. The summed E-state index contributed by atoms with van der Waals surface area (Å²) in [5, 5.41) is 16.8. The van der Waals surface area contributed by atoms with Gasteiger partial charge in [-0.05, 0) is 44.0 Å². The van der Waals surface area contributed by atoms with Gasteiger partial charge in [0, 0.05) is 42.9 Å². The summed E-state index contributed by atoms with van der Waals surface area (Å²) in [5.74, 6) is -2.14. The molecule has 0 bridgehead atoms. The second kappa shape index (κ2) is 10.00. The van der Waals surface area contributed by atoms with Crippen LogP contribution in [-0.4, -0.2) is 72.3 Å². The topological polar surface area (TPSA) is 132 Å². The van der Waals surface area contributed by atoms with Crippen molar-refractivity contribution in [1.29, 1.82) is 0 Å². The van der Waals surface area contributed by atoms with Crippen molar-refractivity contribution >= 4 is 11.9 Å². The lowest BCUT2D eigenvalue weighted by atomic mass is 10.1. The Hall–Kier alpha value is -3.80. The quantitative estimate of drug-likeness (QED) is 0.528. The number of pyridine rings is 2. The molecule has 1 aliphatic heterocycles. The number of rotatable bonds is 3. The molecule has 0 saturated carbocycles. The predicted octanol–water partition coefficient (Wildman–Crippen LogP) is 2.99. The van der Waals surface area contributed by atoms with Crippen LogP contribution in [0.5, 0.6) is 0 Å². The molecule has 1 atom stereocenters. The minimum atomic E-state index is -5.08. The van der Waals surface area contributed by atoms with Gasteiger partial charge >= 0.3 is 12.1 Å². The number of imidazole rings is 1. The number of nitrogens with one attached hydrogen (secondary N) is 1. The number of nitrogens with zero attached hydrogens (tertiary/aromatic N) is 4. The highest BCUT2D eigenvalue weighted by Gasteiger charge is 2.38. The number of hydrogen-bond acceptors (Lipinski definition) is 6. The highest BCUT2D eigenvalue weighted by Crippen LogP contribution is 2.25. The lowest BCUT2D eigenvalue weighted by molar-refractivity contribution is -0.192. The normalized spacial score (nSPS) is 15.6. The Morgan fingerprint density at radius 1 is 1.18 bits per heavy atom. The molecular weight excluding hydrogens is 455 g/mol. The third-order valence-electron chi connectivity index (χ3n) is 5.14. The van der Waals surface area contributed by atoms with Gasteiger partial charge in [0.1, 0.15) is 5.69 Å². The number of aryl methyl sites for hydroxylation is 2. The molecule has 0 aliphatic carbocycles. The van der Waals surface area contributed by atoms with Crippen LogP contribution in [0.2, 0.25) is 0 Å². The number of carbonyl (C=O) groups excluding carboxylic acids is 1. The molecule has 0 unspecified atom stereocenters. The number of H-pyrrole nitrogens is 1. The number of carboxylic acids is 1. The van der Waals surface area contributed by atoms with Crippen LogP contribution in [0.15, 0.2) is 36.8 Å². The minimum absolute atomic E-state index is 0.104. The first-order valence-corrected chi connectivity index (χ1v) is 10.2. The number of β-amino-alcohol motifs (C(OH)–C–C–N with tert-alkyl or cyclic N) is 1. The Balaban J connectivity index is 0.000000406. The van der Waals surface area contributed by atoms with Gasteiger partial charge in [-0.1, -0.05) is 0 Å². The molecule has 4 heterocycles. The molecule has 1 amide bonds. The fourth-order valence-electron chi connectivity index (χ4n) is 3.23. The molecular formula is C22H22F3N5O4. The summed E-state index contributed by atoms with van der Waals surface area (Å²) in [6.07, 6.45) is 0.122. The molecule has 0 spiro atoms. The Morgan fingerprint density at radius 3 is 2.44 bits per heavy atom. The van der Waals surface area contributed by atoms with Gasteiger partial charge in [0.15, 0.2) is 5.82 Å². The van der Waals surface area contributed by atoms with Crippen molar-refractivity contribution in [3.8, 4) is 22.6 Å². The number of carboxylic acid groups (broad SMARTS) is 1. The molecule has 3 N–H and O–H groups in total. The maximum atomic E-state index is 12.7. The van der Waals surface area contributed by atoms with E-state index in [4.69, 9.17) is 9.90 Å². The summed E-state index contributed by atoms with van der Waals surface area (Å²) in [5.41, 5.74) is 4.96. The predicted molar refractivity (Wildman–Crippen MR) is 115 cm³/mol. The molecule has 180 valence electrons. The summed E-state index contributed by atoms with van der Waals surface area (Å²) in [4.78, 5) is 39.6. The van der Waals surface area contributed by atoms with Gasteiger partial charge < -0.3 is 20.1 Å². The number of aliphatic hydroxyl groups excluding tert-OH is 1. The van der Waals surface area contributed by atoms with Gasteiger partial charge in [0.2, 0.25) is 0 Å². The van der Waals surface area contributed by atoms with E-state index < -0.39 is 18.2 Å². The first kappa shape index (κ1) is 24.8. The number of amides is 1. The number of aliphatic carboxylic acids is 1. The molecule has 3 aromatic rings. The Bertz CT molecular complexity index is 1180. The molecule has 0 aromatic carbocycles. The number of aromatic amines is 1. The number of halogens is 3. The maximum Gasteiger partial charge on any atom is 0.490 e. The number of hydrogen-bond donors (Lipinski definition) is 3. The van der Waals surface area contributed by atoms with Gasteiger partial charge in [0.25, 0.3) is 5.91 Å². The zero-order chi connectivity index (χ0) is 25.0. The minimum Gasteiger partial charge on any atom is -0.475 e. The zero-order valence-corrected chi connectivity index (χ0v) is 18.3. The van der Waals surface area contributed by atoms with Crippen LogP contribution in [0.4, 0.5) is 13.2 Å². The molecule has 0 radical (unpaired) electrons. The molecule has 1 aliphatic rings. The lowest BCUT2D eigenvalue weighted by Crippen LogP contribution is -2.29. The third kappa shape index (κ3) is 5.95. The Kier molecular flexibility index (Phi) is 7.30. The second-order valence-corrected chi connectivity index (χ2v) is 7.68. The Morgan fingerprint density at radius 2 is 1.88 bits per heavy atom. The van der Waals surface area contributed by atoms with E-state index in [0.29, 0.717) is 25.1 Å². The van der Waals surface area contributed by atoms with Crippen molar-refractivity contribution < 1.29 is 33.0 Å². The number of carbonyl (C=O) groups is 2. The second-order valence-electron chi connectivity index (χ2n) is 7.68. The summed E-state index contributed by atoms with van der Waals surface area (Å²) in [7, 11) is 0. The van der Waals surface area contributed by atoms with E-state index in [-0.39, 0.29) is 5.91 Å². The molecule has 9 nitrogen and oxygen atoms in total. The summed E-state index contributed by atoms with van der Waals surface area (Å²) < 4.78 is 31.7. The largest absolute Gasteiger partial charge is 0.490 e. The van der Waals surface area contributed by atoms with E-state index in [2.05, 4.69) is 19.9 Å². The van der Waals surface area contributed by atoms with Gasteiger partial charge in [0.05, 0.1) is 17.4 Å². The average molecular weight is 477 g/mol. The van der Waals surface area contributed by atoms with Crippen LogP contribution in [0.3, 0.4) is 0 Å². The molecule has 34 heavy (non-hydrogen) atoms. The first-order valence-electron chi connectivity index (χ1n) is 10.2. The number of aromatic nitrogens is 4. The molecule has 12 heteroatoms. The monoisotopic (exact) mass is 477 g/mol. The van der Waals surface area contributed by atoms with Gasteiger partial charge in [-0.2, -0.15) is 13.2 Å². The lowest BCUT2D eigenvalue weighted by Gasteiger charge is -2.15. The van der Waals surface area contributed by atoms with Crippen molar-refractivity contribution in [2.45, 2.75) is 32.5 Å². The highest BCUT2D eigenvalue weighted by atomic mass is 19.4. The van der Waals surface area contributed by atoms with E-state index in [1.165, 1.54) is 0 Å². The fourth-order valence-corrected chi connectivity index (χ4v) is 3.23. The van der Waals surface area contributed by atoms with Crippen LogP contribution in [0, 0.1) is 13.8 Å². The summed E-state index contributed by atoms with van der Waals surface area (Å²) in [6, 6.07) is 5.65. The van der Waals surface area contributed by atoms with Crippen molar-refractivity contribution in [2.24, 2.45) is 0 Å². The average Bonchev–Trinajstić information content (AvgIpc) is 3.38. The molecule has 1 fully saturated rings. The standard InChI is InChI=1S/C20H21N5O2.C2HF3O2/c1-12-13(2)24-19(23-12)18-8-14(3-5-22-18)15-7-16(10-21-9-15)20(27)25-6-4-17(26)11-25;3-2(4,5)1(6)7/h3,5,7-10,17,26H,4,6,11H2,1-2H3,(H,23,24);(H,6,7)/t17-;/m0./s1. The van der Waals surface area contributed by atoms with E-state index in [1.807, 2.05) is 32.0 Å². The number of aliphatic hydroxyl groups is 1. The van der Waals surface area contributed by atoms with Crippen LogP contribution in [0.25, 0.3) is 22.6 Å². The zero-order valence-electron chi connectivity index (χ0n) is 18.3. The van der Waals surface area contributed by atoms with E-state index in [9.17, 15) is 23.1 Å². The van der Waals surface area contributed by atoms with Gasteiger partial charge in [-0.15, -0.1) is 0 Å². The Labute approximate surface area is 192 Å². The van der Waals surface area contributed by atoms with E-state index >= 15 is 0 Å². The summed E-state index contributed by atoms with van der Waals surface area (Å²) in [6.45, 7) is 4.87. The fraction of sp³-hybridized carbons (Fsp3) is 0.318. The van der Waals surface area contributed by atoms with E-state index in [1.54, 1.807) is 23.5 Å². The van der Waals surface area contributed by atoms with Crippen molar-refractivity contribution in [1.82, 2.24) is 24.8 Å². The van der Waals surface area contributed by atoms with Crippen LogP contribution in [0.1, 0.15) is 28.2 Å². The molecule has 1 saturated heterocycles. The maximum absolute atomic E-state index is 12.7. The van der Waals surface area contributed by atoms with Crippen LogP contribution < -0.4 is 0 Å². The van der Waals surface area contributed by atoms with Crippen molar-refractivity contribution in [3.05, 3.63) is 53.7 Å². The highest BCUT2D eigenvalue weighted by molar-refractivity contribution is 5.95. The van der Waals surface area contributed by atoms with E-state index in [0.717, 1.165) is 34.0 Å². The van der Waals surface area contributed by atoms with Crippen LogP contribution >= 0.6 is 0 Å². The SMILES string of the molecule is Cc1nc(-c2cc(-c3cncc(C(=O)N4CC[C@H](O)C4)c3)ccn2)[nH]c1C.O=C(O)C(F)(F)F. The van der Waals surface area contributed by atoms with Crippen LogP contribution in [-0.2, 0) is 4.79 Å². The van der Waals surface area contributed by atoms with Gasteiger partial charge in [-0.25, -0.2) is 9.78 Å². The number of likely N-dealkylation sites (tertiary alicyclic amines) is 1. The third-order valence-corrected chi connectivity index (χ3v) is 5.14. The van der Waals surface area contributed by atoms with Gasteiger partial charge in [-0.3, -0.25) is 14.8 Å². The number of alkyl halides is 3. The van der Waals surface area contributed by atoms with Crippen molar-refractivity contribution in [2.75, 3.05) is 13.1 Å².